The monoisotopic (exact) mass is 1540 g/mol. The number of unbranched alkanes of at least 4 members (excludes halogenated alkanes) is 34. The van der Waals surface area contributed by atoms with Gasteiger partial charge in [-0.3, -0.25) is 29.0 Å². The first kappa shape index (κ1) is 80.3. The molecule has 0 aromatic carbocycles. The zero-order chi connectivity index (χ0) is 69.4. The smallest absolute Gasteiger partial charge is 0.263 e. The number of carbonyl (C=O) groups excluding carboxylic acids is 4. The summed E-state index contributed by atoms with van der Waals surface area (Å²) in [5.41, 5.74) is 5.80. The molecule has 0 radical (unpaired) electrons. The van der Waals surface area contributed by atoms with Crippen LogP contribution in [0.5, 0.6) is 0 Å². The molecule has 0 saturated carbocycles. The molecule has 8 rings (SSSR count). The van der Waals surface area contributed by atoms with Crippen LogP contribution in [0, 0.1) is 11.8 Å². The van der Waals surface area contributed by atoms with Gasteiger partial charge in [-0.25, -0.2) is 0 Å². The normalized spacial score (nSPS) is 13.8. The first-order valence-electron chi connectivity index (χ1n) is 40.0. The summed E-state index contributed by atoms with van der Waals surface area (Å²) in [5.74, 6) is -0.0157. The second-order valence-corrected chi connectivity index (χ2v) is 36.2. The summed E-state index contributed by atoms with van der Waals surface area (Å²) < 4.78 is 6.73. The van der Waals surface area contributed by atoms with E-state index in [-0.39, 0.29) is 35.5 Å². The van der Waals surface area contributed by atoms with Gasteiger partial charge in [0.1, 0.15) is 0 Å². The van der Waals surface area contributed by atoms with E-state index in [0.717, 1.165) is 150 Å². The van der Waals surface area contributed by atoms with Crippen LogP contribution < -0.4 is 0 Å². The summed E-state index contributed by atoms with van der Waals surface area (Å²) in [7, 11) is 0. The molecule has 8 heterocycles. The molecule has 0 spiro atoms. The van der Waals surface area contributed by atoms with Crippen LogP contribution in [0.2, 0.25) is 0 Å². The summed E-state index contributed by atoms with van der Waals surface area (Å²) >= 11 is 14.3. The Kier molecular flexibility index (Phi) is 36.3. The Morgan fingerprint density at radius 1 is 0.276 bits per heavy atom. The predicted octanol–water partition coefficient (Wildman–Crippen LogP) is 29.1. The number of rotatable bonds is 55. The summed E-state index contributed by atoms with van der Waals surface area (Å²) in [6.45, 7) is 16.0. The fraction of sp³-hybridized carbons (Fsp3) is 0.667. The van der Waals surface area contributed by atoms with E-state index < -0.39 is 0 Å². The first-order chi connectivity index (χ1) is 48.0. The Morgan fingerprint density at radius 3 is 0.735 bits per heavy atom. The van der Waals surface area contributed by atoms with Crippen LogP contribution in [-0.4, -0.2) is 55.7 Å². The number of hydrogen-bond acceptors (Lipinski definition) is 8. The van der Waals surface area contributed by atoms with Crippen molar-refractivity contribution in [1.29, 1.82) is 0 Å². The fourth-order valence-corrected chi connectivity index (χ4v) is 20.6. The van der Waals surface area contributed by atoms with Gasteiger partial charge in [-0.1, -0.05) is 286 Å². The van der Waals surface area contributed by atoms with Crippen LogP contribution in [0.15, 0.2) is 56.1 Å². The van der Waals surface area contributed by atoms with E-state index in [0.29, 0.717) is 48.4 Å². The standard InChI is InChI=1S/C84H124Br2N4O4S4/c1-7-13-19-25-31-33-37-43-49-63(47-41-35-27-21-15-9-3)61-89-81(91)73-75(83(89)93)79(69-55-57-71(85)97-69)87(59-45-39-29-23-17-11-5)77(73)67-53-51-65(95-67)66-52-54-68(96-66)78-74-76(80(70-56-58-72(86)98-70)88(78)60-46-40-30-24-18-12-6)84(94)90(82(74)92)62-64(48-42-36-28-22-16-10-4)50-44-38-34-32-26-20-14-8-2/h51-58,63-64H,7-50,59-62H2,1-6H3. The minimum Gasteiger partial charge on any atom is -0.338 e. The van der Waals surface area contributed by atoms with Crippen LogP contribution in [0.25, 0.3) is 52.0 Å². The minimum atomic E-state index is -0.139. The summed E-state index contributed by atoms with van der Waals surface area (Å²) in [6, 6.07) is 17.3. The van der Waals surface area contributed by atoms with Gasteiger partial charge in [-0.05, 0) is 131 Å². The molecule has 0 fully saturated rings. The molecule has 4 amide bonds. The van der Waals surface area contributed by atoms with Gasteiger partial charge in [-0.2, -0.15) is 0 Å². The number of hydrogen-bond donors (Lipinski definition) is 0. The molecule has 0 bridgehead atoms. The molecule has 0 aliphatic carbocycles. The lowest BCUT2D eigenvalue weighted by Crippen LogP contribution is -2.35. The number of amides is 4. The summed E-state index contributed by atoms with van der Waals surface area (Å²) in [5, 5.41) is 0. The van der Waals surface area contributed by atoms with Crippen LogP contribution in [0.3, 0.4) is 0 Å². The Labute approximate surface area is 626 Å². The van der Waals surface area contributed by atoms with Crippen molar-refractivity contribution in [3.05, 3.63) is 78.4 Å². The van der Waals surface area contributed by atoms with Gasteiger partial charge in [0.15, 0.2) is 0 Å². The molecule has 2 atom stereocenters. The molecule has 8 nitrogen and oxygen atoms in total. The average Bonchev–Trinajstić information content (AvgIpc) is 1.56. The van der Waals surface area contributed by atoms with Crippen molar-refractivity contribution in [3.8, 4) is 52.0 Å². The highest BCUT2D eigenvalue weighted by atomic mass is 79.9. The predicted molar refractivity (Wildman–Crippen MR) is 431 cm³/mol. The molecule has 2 aliphatic heterocycles. The largest absolute Gasteiger partial charge is 0.338 e. The lowest BCUT2D eigenvalue weighted by molar-refractivity contribution is 0.0606. The number of imide groups is 2. The second-order valence-electron chi connectivity index (χ2n) is 29.1. The topological polar surface area (TPSA) is 84.6 Å². The van der Waals surface area contributed by atoms with Crippen LogP contribution in [0.4, 0.5) is 0 Å². The van der Waals surface area contributed by atoms with Crippen LogP contribution >= 0.6 is 77.2 Å². The van der Waals surface area contributed by atoms with Crippen molar-refractivity contribution in [2.24, 2.45) is 11.8 Å². The SMILES string of the molecule is CCCCCCCCCCC(CCCCCCCC)CN1C(=O)c2c(c(-c3ccc(-c4ccc(-c5c6c(c(-c7ccc(Br)s7)n5CCCCCCCC)C(=O)N(CC(CCCCCCCC)CCCCCCCCCC)C6=O)s4)s3)n(CCCCCCCC)c2-c2ccc(Br)s2)C1=O. The van der Waals surface area contributed by atoms with Gasteiger partial charge in [0, 0.05) is 35.9 Å². The highest BCUT2D eigenvalue weighted by Gasteiger charge is 2.47. The molecular formula is C84H124Br2N4O4S4. The van der Waals surface area contributed by atoms with E-state index in [1.807, 2.05) is 0 Å². The van der Waals surface area contributed by atoms with Gasteiger partial charge in [0.05, 0.1) is 72.1 Å². The highest BCUT2D eigenvalue weighted by Crippen LogP contribution is 2.51. The van der Waals surface area contributed by atoms with E-state index in [4.69, 9.17) is 0 Å². The Morgan fingerprint density at radius 2 is 0.490 bits per heavy atom. The molecule has 542 valence electrons. The zero-order valence-electron chi connectivity index (χ0n) is 61.5. The Bertz CT molecular complexity index is 3120. The molecular weight excluding hydrogens is 1420 g/mol. The maximum atomic E-state index is 15.7. The summed E-state index contributed by atoms with van der Waals surface area (Å²) in [4.78, 5) is 72.0. The minimum absolute atomic E-state index is 0.134. The van der Waals surface area contributed by atoms with Gasteiger partial charge in [0.25, 0.3) is 23.6 Å². The number of halogens is 2. The lowest BCUT2D eigenvalue weighted by atomic mass is 9.93. The van der Waals surface area contributed by atoms with Crippen molar-refractivity contribution in [2.45, 2.75) is 337 Å². The quantitative estimate of drug-likeness (QED) is 0.0281. The van der Waals surface area contributed by atoms with Crippen molar-refractivity contribution >= 4 is 101 Å². The number of thiophene rings is 4. The first-order valence-corrected chi connectivity index (χ1v) is 44.8. The molecule has 6 aromatic rings. The fourth-order valence-electron chi connectivity index (χ4n) is 15.5. The maximum absolute atomic E-state index is 15.7. The van der Waals surface area contributed by atoms with E-state index in [2.05, 4.69) is 131 Å². The van der Waals surface area contributed by atoms with Gasteiger partial charge < -0.3 is 9.13 Å². The van der Waals surface area contributed by atoms with E-state index in [1.54, 1.807) is 55.1 Å². The molecule has 2 aliphatic rings. The summed E-state index contributed by atoms with van der Waals surface area (Å²) in [6.07, 6.45) is 52.7. The van der Waals surface area contributed by atoms with Crippen molar-refractivity contribution in [2.75, 3.05) is 13.1 Å². The zero-order valence-corrected chi connectivity index (χ0v) is 68.0. The van der Waals surface area contributed by atoms with E-state index >= 15 is 19.2 Å². The van der Waals surface area contributed by atoms with Gasteiger partial charge in [-0.15, -0.1) is 45.3 Å². The third-order valence-corrected chi connectivity index (χ3v) is 26.8. The molecule has 14 heteroatoms. The maximum Gasteiger partial charge on any atom is 0.263 e. The molecule has 6 aromatic heterocycles. The van der Waals surface area contributed by atoms with E-state index in [9.17, 15) is 0 Å². The van der Waals surface area contributed by atoms with Crippen molar-refractivity contribution in [3.63, 3.8) is 0 Å². The second kappa shape index (κ2) is 44.3. The number of aromatic nitrogens is 2. The molecule has 2 unspecified atom stereocenters. The van der Waals surface area contributed by atoms with Gasteiger partial charge >= 0.3 is 0 Å². The molecule has 0 saturated heterocycles. The third-order valence-electron chi connectivity index (χ3n) is 21.1. The Hall–Kier alpha value is -3.40. The average molecular weight is 1540 g/mol. The molecule has 98 heavy (non-hydrogen) atoms. The number of carbonyl (C=O) groups is 4. The van der Waals surface area contributed by atoms with E-state index in [1.165, 1.54) is 193 Å². The lowest BCUT2D eigenvalue weighted by Gasteiger charge is -2.24. The number of nitrogens with zero attached hydrogens (tertiary/aromatic N) is 4. The molecule has 0 N–H and O–H groups in total. The van der Waals surface area contributed by atoms with Crippen molar-refractivity contribution in [1.82, 2.24) is 18.9 Å². The highest BCUT2D eigenvalue weighted by molar-refractivity contribution is 9.11. The van der Waals surface area contributed by atoms with Gasteiger partial charge in [0.2, 0.25) is 0 Å². The van der Waals surface area contributed by atoms with Crippen molar-refractivity contribution < 1.29 is 19.2 Å². The third kappa shape index (κ3) is 22.8. The van der Waals surface area contributed by atoms with Crippen LogP contribution in [0.1, 0.15) is 365 Å². The number of fused-ring (bicyclic) bond motifs is 2. The Balaban J connectivity index is 1.16. The van der Waals surface area contributed by atoms with Crippen LogP contribution in [-0.2, 0) is 13.1 Å².